The Bertz CT molecular complexity index is 1030. The molecule has 0 radical (unpaired) electrons. The highest BCUT2D eigenvalue weighted by atomic mass is 16.5. The number of rotatable bonds is 25. The van der Waals surface area contributed by atoms with E-state index in [-0.39, 0.29) is 5.97 Å². The second kappa shape index (κ2) is 23.0. The van der Waals surface area contributed by atoms with Crippen molar-refractivity contribution in [3.8, 4) is 0 Å². The normalized spacial score (nSPS) is 31.3. The van der Waals surface area contributed by atoms with Crippen molar-refractivity contribution < 1.29 is 9.53 Å². The summed E-state index contributed by atoms with van der Waals surface area (Å²) in [5, 5.41) is 0. The molecule has 8 atom stereocenters. The zero-order valence-corrected chi connectivity index (χ0v) is 34.9. The van der Waals surface area contributed by atoms with Crippen LogP contribution >= 0.6 is 0 Å². The number of ether oxygens (including phenoxy) is 1. The van der Waals surface area contributed by atoms with Gasteiger partial charge in [-0.15, -0.1) is 0 Å². The van der Waals surface area contributed by atoms with Crippen LogP contribution in [0.25, 0.3) is 0 Å². The summed E-state index contributed by atoms with van der Waals surface area (Å²) in [6.07, 6.45) is 48.3. The first-order chi connectivity index (χ1) is 24.8. The molecule has 0 spiro atoms. The van der Waals surface area contributed by atoms with Crippen LogP contribution in [-0.4, -0.2) is 5.97 Å². The molecule has 294 valence electrons. The third kappa shape index (κ3) is 13.0. The van der Waals surface area contributed by atoms with Crippen LogP contribution in [0.3, 0.4) is 0 Å². The summed E-state index contributed by atoms with van der Waals surface area (Å²) in [7, 11) is 0. The molecule has 0 aromatic rings. The number of hydrogen-bond donors (Lipinski definition) is 0. The van der Waals surface area contributed by atoms with Gasteiger partial charge < -0.3 is 4.74 Å². The minimum absolute atomic E-state index is 0.0413. The van der Waals surface area contributed by atoms with Crippen molar-refractivity contribution in [3.63, 3.8) is 0 Å². The Morgan fingerprint density at radius 3 is 1.98 bits per heavy atom. The zero-order valence-electron chi connectivity index (χ0n) is 34.9. The van der Waals surface area contributed by atoms with E-state index < -0.39 is 0 Å². The monoisotopic (exact) mass is 707 g/mol. The predicted molar refractivity (Wildman–Crippen MR) is 221 cm³/mol. The van der Waals surface area contributed by atoms with Gasteiger partial charge in [0.05, 0.1) is 6.26 Å². The summed E-state index contributed by atoms with van der Waals surface area (Å²) in [6.45, 7) is 12.5. The van der Waals surface area contributed by atoms with E-state index in [0.717, 1.165) is 54.8 Å². The van der Waals surface area contributed by atoms with Gasteiger partial charge >= 0.3 is 5.97 Å². The highest BCUT2D eigenvalue weighted by Crippen LogP contribution is 2.68. The zero-order chi connectivity index (χ0) is 36.4. The van der Waals surface area contributed by atoms with E-state index in [2.05, 4.69) is 46.8 Å². The van der Waals surface area contributed by atoms with Crippen LogP contribution in [0.5, 0.6) is 0 Å². The molecule has 51 heavy (non-hydrogen) atoms. The fourth-order valence-corrected chi connectivity index (χ4v) is 12.5. The Morgan fingerprint density at radius 1 is 0.667 bits per heavy atom. The molecule has 0 aromatic heterocycles. The maximum atomic E-state index is 12.4. The molecular weight excluding hydrogens is 621 g/mol. The molecule has 2 nitrogen and oxygen atoms in total. The molecule has 0 aromatic carbocycles. The van der Waals surface area contributed by atoms with Gasteiger partial charge in [-0.1, -0.05) is 136 Å². The lowest BCUT2D eigenvalue weighted by atomic mass is 9.44. The highest BCUT2D eigenvalue weighted by molar-refractivity contribution is 5.69. The topological polar surface area (TPSA) is 26.3 Å². The van der Waals surface area contributed by atoms with Gasteiger partial charge in [-0.05, 0) is 155 Å². The van der Waals surface area contributed by atoms with E-state index in [4.69, 9.17) is 4.74 Å². The number of unbranched alkanes of at least 4 members (excludes halogenated alkanes) is 15. The molecule has 4 rings (SSSR count). The molecule has 0 N–H and O–H groups in total. The lowest BCUT2D eigenvalue weighted by molar-refractivity contribution is -0.138. The summed E-state index contributed by atoms with van der Waals surface area (Å²) in [5.74, 6) is 5.70. The van der Waals surface area contributed by atoms with Crippen LogP contribution in [0.2, 0.25) is 0 Å². The Kier molecular flexibility index (Phi) is 19.3. The smallest absolute Gasteiger partial charge is 0.310 e. The molecule has 4 aliphatic carbocycles. The Morgan fingerprint density at radius 2 is 1.29 bits per heavy atom. The van der Waals surface area contributed by atoms with Gasteiger partial charge in [0.1, 0.15) is 0 Å². The first-order valence-corrected chi connectivity index (χ1v) is 23.3. The third-order valence-corrected chi connectivity index (χ3v) is 15.6. The molecule has 4 saturated carbocycles. The van der Waals surface area contributed by atoms with Crippen LogP contribution in [0, 0.1) is 46.3 Å². The van der Waals surface area contributed by atoms with Crippen molar-refractivity contribution in [2.45, 2.75) is 234 Å². The quantitative estimate of drug-likeness (QED) is 0.0409. The molecule has 1 unspecified atom stereocenters. The minimum Gasteiger partial charge on any atom is -0.435 e. The molecule has 4 aliphatic rings. The van der Waals surface area contributed by atoms with Gasteiger partial charge in [-0.2, -0.15) is 0 Å². The number of carbonyl (C=O) groups is 1. The number of hydrogen-bond acceptors (Lipinski definition) is 2. The molecule has 0 bridgehead atoms. The molecule has 4 fully saturated rings. The van der Waals surface area contributed by atoms with Gasteiger partial charge in [0.15, 0.2) is 0 Å². The van der Waals surface area contributed by atoms with Gasteiger partial charge in [0, 0.05) is 6.42 Å². The molecule has 0 heterocycles. The summed E-state index contributed by atoms with van der Waals surface area (Å²) < 4.78 is 5.58. The summed E-state index contributed by atoms with van der Waals surface area (Å²) in [6, 6.07) is 0. The number of carbonyl (C=O) groups excluding carboxylic acids is 1. The van der Waals surface area contributed by atoms with Crippen molar-refractivity contribution in [1.82, 2.24) is 0 Å². The number of allylic oxidation sites excluding steroid dienone is 3. The second-order valence-electron chi connectivity index (χ2n) is 19.2. The van der Waals surface area contributed by atoms with Crippen LogP contribution in [0.15, 0.2) is 24.0 Å². The largest absolute Gasteiger partial charge is 0.435 e. The van der Waals surface area contributed by atoms with Crippen molar-refractivity contribution in [2.75, 3.05) is 0 Å². The minimum atomic E-state index is -0.0413. The number of esters is 1. The lowest BCUT2D eigenvalue weighted by Crippen LogP contribution is -2.53. The Balaban J connectivity index is 0.976. The highest BCUT2D eigenvalue weighted by Gasteiger charge is 2.60. The van der Waals surface area contributed by atoms with Crippen molar-refractivity contribution in [2.24, 2.45) is 46.3 Å². The maximum absolute atomic E-state index is 12.4. The third-order valence-electron chi connectivity index (χ3n) is 15.6. The van der Waals surface area contributed by atoms with E-state index in [1.165, 1.54) is 179 Å². The molecular formula is C49H86O2. The van der Waals surface area contributed by atoms with E-state index in [9.17, 15) is 4.79 Å². The molecule has 2 heteroatoms. The first-order valence-electron chi connectivity index (χ1n) is 23.3. The molecule has 0 aliphatic heterocycles. The SMILES string of the molecule is CCCCCCCC/C=C\CCCCCCCCCCCC(=O)OC=C(C)CCC[C@@H](C)[C@H]1CC[C@H]2[C@@H]3CCC4CCCC[C@]4(C)[C@H]3CC[C@]12C. The maximum Gasteiger partial charge on any atom is 0.310 e. The second-order valence-corrected chi connectivity index (χ2v) is 19.2. The van der Waals surface area contributed by atoms with E-state index in [1.807, 2.05) is 0 Å². The van der Waals surface area contributed by atoms with Gasteiger partial charge in [0.2, 0.25) is 0 Å². The van der Waals surface area contributed by atoms with Gasteiger partial charge in [-0.25, -0.2) is 0 Å². The molecule has 0 saturated heterocycles. The molecule has 0 amide bonds. The van der Waals surface area contributed by atoms with Crippen LogP contribution in [0.4, 0.5) is 0 Å². The Hall–Kier alpha value is -1.05. The van der Waals surface area contributed by atoms with Crippen molar-refractivity contribution in [3.05, 3.63) is 24.0 Å². The fourth-order valence-electron chi connectivity index (χ4n) is 12.5. The summed E-state index contributed by atoms with van der Waals surface area (Å²) in [4.78, 5) is 12.4. The van der Waals surface area contributed by atoms with Crippen LogP contribution in [-0.2, 0) is 9.53 Å². The van der Waals surface area contributed by atoms with Crippen molar-refractivity contribution in [1.29, 1.82) is 0 Å². The van der Waals surface area contributed by atoms with Crippen LogP contribution in [0.1, 0.15) is 234 Å². The average molecular weight is 707 g/mol. The van der Waals surface area contributed by atoms with E-state index >= 15 is 0 Å². The van der Waals surface area contributed by atoms with Gasteiger partial charge in [-0.3, -0.25) is 4.79 Å². The predicted octanol–water partition coefficient (Wildman–Crippen LogP) is 15.9. The average Bonchev–Trinajstić information content (AvgIpc) is 3.48. The fraction of sp³-hybridized carbons (Fsp3) is 0.898. The van der Waals surface area contributed by atoms with Crippen molar-refractivity contribution >= 4 is 5.97 Å². The standard InChI is InChI=1S/C49H86O2/c1-6-7-8-9-10-11-12-13-14-15-16-17-18-19-20-21-22-23-24-31-47(50)51-39-40(2)28-27-29-41(3)44-34-35-45-43-33-32-42-30-25-26-37-48(42,4)46(43)36-38-49(44,45)5/h13-14,39,41-46H,6-12,15-38H2,1-5H3/b14-13-,40-39?/t41-,42?,43+,44-,45+,46+,48+,49-/m1/s1. The number of fused-ring (bicyclic) bond motifs is 5. The van der Waals surface area contributed by atoms with Gasteiger partial charge in [0.25, 0.3) is 0 Å². The van der Waals surface area contributed by atoms with E-state index in [1.54, 1.807) is 6.26 Å². The van der Waals surface area contributed by atoms with Crippen LogP contribution < -0.4 is 0 Å². The first kappa shape index (κ1) is 42.7. The van der Waals surface area contributed by atoms with E-state index in [0.29, 0.717) is 17.3 Å². The summed E-state index contributed by atoms with van der Waals surface area (Å²) in [5.41, 5.74) is 2.46. The lowest BCUT2D eigenvalue weighted by Gasteiger charge is -2.61. The summed E-state index contributed by atoms with van der Waals surface area (Å²) >= 11 is 0. The Labute approximate surface area is 318 Å².